The molecule has 0 saturated carbocycles. The highest BCUT2D eigenvalue weighted by Crippen LogP contribution is 2.35. The van der Waals surface area contributed by atoms with Gasteiger partial charge in [-0.3, -0.25) is 4.79 Å². The second kappa shape index (κ2) is 7.51. The number of hydrogen-bond donors (Lipinski definition) is 0. The van der Waals surface area contributed by atoms with Crippen molar-refractivity contribution in [2.24, 2.45) is 0 Å². The summed E-state index contributed by atoms with van der Waals surface area (Å²) in [6.45, 7) is 1.45. The van der Waals surface area contributed by atoms with Crippen LogP contribution in [0.25, 0.3) is 11.3 Å². The van der Waals surface area contributed by atoms with Crippen molar-refractivity contribution in [2.45, 2.75) is 18.8 Å². The molecule has 0 unspecified atom stereocenters. The van der Waals surface area contributed by atoms with E-state index in [1.54, 1.807) is 23.8 Å². The molecule has 1 aromatic carbocycles. The molecule has 0 spiro atoms. The average molecular weight is 387 g/mol. The molecule has 3 heterocycles. The van der Waals surface area contributed by atoms with Crippen LogP contribution in [0.3, 0.4) is 0 Å². The first kappa shape index (κ1) is 17.1. The van der Waals surface area contributed by atoms with E-state index >= 15 is 0 Å². The third kappa shape index (κ3) is 3.34. The van der Waals surface area contributed by atoms with Gasteiger partial charge in [0, 0.05) is 35.3 Å². The molecule has 1 amide bonds. The van der Waals surface area contributed by atoms with Crippen LogP contribution in [-0.2, 0) is 0 Å². The first-order valence-corrected chi connectivity index (χ1v) is 10.1. The average Bonchev–Trinajstić information content (AvgIpc) is 3.39. The van der Waals surface area contributed by atoms with Crippen LogP contribution in [0.5, 0.6) is 5.75 Å². The van der Waals surface area contributed by atoms with Gasteiger partial charge >= 0.3 is 0 Å². The molecule has 134 valence electrons. The van der Waals surface area contributed by atoms with Crippen LogP contribution in [0.4, 0.5) is 0 Å². The molecule has 0 aliphatic carbocycles. The van der Waals surface area contributed by atoms with E-state index in [1.807, 2.05) is 29.2 Å². The maximum Gasteiger partial charge on any atom is 0.275 e. The minimum absolute atomic E-state index is 0.0222. The van der Waals surface area contributed by atoms with Crippen LogP contribution in [0.1, 0.15) is 34.3 Å². The predicted octanol–water partition coefficient (Wildman–Crippen LogP) is 3.69. The lowest BCUT2D eigenvalue weighted by molar-refractivity contribution is 0.0707. The molecule has 1 fully saturated rings. The lowest BCUT2D eigenvalue weighted by Gasteiger charge is -2.30. The van der Waals surface area contributed by atoms with Gasteiger partial charge in [-0.15, -0.1) is 16.4 Å². The van der Waals surface area contributed by atoms with Crippen LogP contribution in [0.2, 0.25) is 0 Å². The van der Waals surface area contributed by atoms with Gasteiger partial charge in [-0.1, -0.05) is 16.6 Å². The van der Waals surface area contributed by atoms with Gasteiger partial charge in [0.1, 0.15) is 5.75 Å². The standard InChI is InChI=1S/C18H18N4O2S2/c1-24-16-5-3-2-4-13(16)14-10-25-17(19-14)12-6-8-22(9-7-12)18(23)15-11-26-21-20-15/h2-5,10-12H,6-9H2,1H3. The Balaban J connectivity index is 1.44. The molecule has 1 saturated heterocycles. The zero-order valence-electron chi connectivity index (χ0n) is 14.3. The Morgan fingerprint density at radius 3 is 2.77 bits per heavy atom. The van der Waals surface area contributed by atoms with Crippen molar-refractivity contribution in [3.63, 3.8) is 0 Å². The summed E-state index contributed by atoms with van der Waals surface area (Å²) >= 11 is 2.89. The number of nitrogens with zero attached hydrogens (tertiary/aromatic N) is 4. The molecule has 4 rings (SSSR count). The lowest BCUT2D eigenvalue weighted by Crippen LogP contribution is -2.38. The number of aromatic nitrogens is 3. The van der Waals surface area contributed by atoms with E-state index in [2.05, 4.69) is 15.0 Å². The maximum absolute atomic E-state index is 12.4. The molecule has 2 aromatic heterocycles. The number of piperidine rings is 1. The van der Waals surface area contributed by atoms with Gasteiger partial charge in [-0.25, -0.2) is 4.98 Å². The summed E-state index contributed by atoms with van der Waals surface area (Å²) in [4.78, 5) is 19.1. The second-order valence-electron chi connectivity index (χ2n) is 6.13. The van der Waals surface area contributed by atoms with Crippen molar-refractivity contribution in [1.82, 2.24) is 19.5 Å². The van der Waals surface area contributed by atoms with Crippen LogP contribution in [0, 0.1) is 0 Å². The highest BCUT2D eigenvalue weighted by atomic mass is 32.1. The Morgan fingerprint density at radius 1 is 1.23 bits per heavy atom. The Labute approximate surface area is 159 Å². The molecule has 26 heavy (non-hydrogen) atoms. The summed E-state index contributed by atoms with van der Waals surface area (Å²) in [6, 6.07) is 7.93. The van der Waals surface area contributed by atoms with Crippen molar-refractivity contribution in [3.8, 4) is 17.0 Å². The van der Waals surface area contributed by atoms with Gasteiger partial charge in [0.05, 0.1) is 17.8 Å². The number of benzene rings is 1. The van der Waals surface area contributed by atoms with Gasteiger partial charge in [-0.05, 0) is 36.5 Å². The minimum atomic E-state index is -0.0222. The Bertz CT molecular complexity index is 886. The number of likely N-dealkylation sites (tertiary alicyclic amines) is 1. The van der Waals surface area contributed by atoms with E-state index in [1.165, 1.54) is 11.5 Å². The van der Waals surface area contributed by atoms with E-state index in [9.17, 15) is 4.79 Å². The first-order chi connectivity index (χ1) is 12.8. The van der Waals surface area contributed by atoms with Crippen molar-refractivity contribution in [2.75, 3.05) is 20.2 Å². The fourth-order valence-electron chi connectivity index (χ4n) is 3.20. The van der Waals surface area contributed by atoms with E-state index in [-0.39, 0.29) is 5.91 Å². The van der Waals surface area contributed by atoms with Gasteiger partial charge in [-0.2, -0.15) is 0 Å². The van der Waals surface area contributed by atoms with E-state index in [0.717, 1.165) is 47.9 Å². The number of carbonyl (C=O) groups excluding carboxylic acids is 1. The Hall–Kier alpha value is -2.32. The van der Waals surface area contributed by atoms with Gasteiger partial charge in [0.2, 0.25) is 0 Å². The van der Waals surface area contributed by atoms with Gasteiger partial charge in [0.15, 0.2) is 5.69 Å². The molecular formula is C18H18N4O2S2. The van der Waals surface area contributed by atoms with Crippen molar-refractivity contribution in [1.29, 1.82) is 0 Å². The summed E-state index contributed by atoms with van der Waals surface area (Å²) in [5.41, 5.74) is 2.41. The largest absolute Gasteiger partial charge is 0.496 e. The van der Waals surface area contributed by atoms with Crippen molar-refractivity contribution in [3.05, 3.63) is 45.7 Å². The number of thiazole rings is 1. The summed E-state index contributed by atoms with van der Waals surface area (Å²) in [7, 11) is 1.68. The zero-order valence-corrected chi connectivity index (χ0v) is 15.9. The monoisotopic (exact) mass is 386 g/mol. The van der Waals surface area contributed by atoms with E-state index in [4.69, 9.17) is 9.72 Å². The summed E-state index contributed by atoms with van der Waals surface area (Å²) in [5, 5.41) is 8.80. The summed E-state index contributed by atoms with van der Waals surface area (Å²) < 4.78 is 9.21. The molecular weight excluding hydrogens is 368 g/mol. The molecule has 1 aliphatic rings. The van der Waals surface area contributed by atoms with E-state index in [0.29, 0.717) is 11.6 Å². The van der Waals surface area contributed by atoms with Gasteiger partial charge < -0.3 is 9.64 Å². The Morgan fingerprint density at radius 2 is 2.04 bits per heavy atom. The molecule has 0 bridgehead atoms. The van der Waals surface area contributed by atoms with Gasteiger partial charge in [0.25, 0.3) is 5.91 Å². The number of carbonyl (C=O) groups is 1. The number of ether oxygens (including phenoxy) is 1. The quantitative estimate of drug-likeness (QED) is 0.684. The van der Waals surface area contributed by atoms with Crippen LogP contribution < -0.4 is 4.74 Å². The third-order valence-electron chi connectivity index (χ3n) is 4.62. The summed E-state index contributed by atoms with van der Waals surface area (Å²) in [5.74, 6) is 1.20. The van der Waals surface area contributed by atoms with Crippen molar-refractivity contribution >= 4 is 28.8 Å². The number of rotatable bonds is 4. The fraction of sp³-hybridized carbons (Fsp3) is 0.333. The molecule has 0 N–H and O–H groups in total. The third-order valence-corrected chi connectivity index (χ3v) is 6.13. The Kier molecular flexibility index (Phi) is 4.94. The summed E-state index contributed by atoms with van der Waals surface area (Å²) in [6.07, 6.45) is 1.84. The topological polar surface area (TPSA) is 68.2 Å². The lowest BCUT2D eigenvalue weighted by atomic mass is 9.97. The van der Waals surface area contributed by atoms with E-state index < -0.39 is 0 Å². The number of amides is 1. The van der Waals surface area contributed by atoms with Crippen LogP contribution in [0.15, 0.2) is 35.0 Å². The molecule has 6 nitrogen and oxygen atoms in total. The molecule has 0 atom stereocenters. The van der Waals surface area contributed by atoms with Crippen molar-refractivity contribution < 1.29 is 9.53 Å². The first-order valence-electron chi connectivity index (χ1n) is 8.41. The highest BCUT2D eigenvalue weighted by Gasteiger charge is 2.27. The highest BCUT2D eigenvalue weighted by molar-refractivity contribution is 7.10. The number of hydrogen-bond acceptors (Lipinski definition) is 7. The molecule has 1 aliphatic heterocycles. The normalized spacial score (nSPS) is 15.2. The van der Waals surface area contributed by atoms with Crippen LogP contribution in [-0.4, -0.2) is 45.6 Å². The zero-order chi connectivity index (χ0) is 17.9. The molecule has 8 heteroatoms. The second-order valence-corrected chi connectivity index (χ2v) is 7.63. The smallest absolute Gasteiger partial charge is 0.275 e. The molecule has 0 radical (unpaired) electrons. The number of para-hydroxylation sites is 1. The van der Waals surface area contributed by atoms with Crippen LogP contribution >= 0.6 is 22.9 Å². The molecule has 3 aromatic rings. The fourth-order valence-corrected chi connectivity index (χ4v) is 4.63. The number of methoxy groups -OCH3 is 1. The maximum atomic E-state index is 12.4. The SMILES string of the molecule is COc1ccccc1-c1csc(C2CCN(C(=O)c3csnn3)CC2)n1. The predicted molar refractivity (Wildman–Crippen MR) is 102 cm³/mol. The minimum Gasteiger partial charge on any atom is -0.496 e.